The molecule has 0 aliphatic carbocycles. The summed E-state index contributed by atoms with van der Waals surface area (Å²) in [6, 6.07) is 5.88. The molecule has 1 aromatic rings. The lowest BCUT2D eigenvalue weighted by Crippen LogP contribution is -2.53. The molecule has 2 heterocycles. The Balaban J connectivity index is 1.68. The number of hydrogen-bond donors (Lipinski definition) is 1. The lowest BCUT2D eigenvalue weighted by Gasteiger charge is -2.41. The van der Waals surface area contributed by atoms with Gasteiger partial charge in [-0.1, -0.05) is 0 Å². The standard InChI is InChI=1S/C19H28N2O3/c1-20(2)13-19(22)7-4-8-21(14-19)11-15-9-16-10-17(23-3)5-6-18(16)24-12-15/h5-6,9-10,22H,4,7-8,11-14H2,1-3H3. The summed E-state index contributed by atoms with van der Waals surface area (Å²) in [5, 5.41) is 10.8. The third kappa shape index (κ3) is 4.09. The Morgan fingerprint density at radius 1 is 1.38 bits per heavy atom. The largest absolute Gasteiger partial charge is 0.497 e. The van der Waals surface area contributed by atoms with Gasteiger partial charge in [-0.15, -0.1) is 0 Å². The van der Waals surface area contributed by atoms with Gasteiger partial charge in [-0.2, -0.15) is 0 Å². The van der Waals surface area contributed by atoms with Crippen LogP contribution in [0.15, 0.2) is 23.8 Å². The molecule has 2 aliphatic rings. The average molecular weight is 332 g/mol. The number of β-amino-alcohol motifs (C(OH)–C–C–N with tert-alkyl or cyclic N) is 1. The molecule has 1 saturated heterocycles. The number of benzene rings is 1. The molecule has 2 aliphatic heterocycles. The number of rotatable bonds is 5. The fourth-order valence-corrected chi connectivity index (χ4v) is 3.77. The molecule has 0 radical (unpaired) electrons. The second-order valence-electron chi connectivity index (χ2n) is 7.27. The minimum Gasteiger partial charge on any atom is -0.497 e. The maximum absolute atomic E-state index is 10.8. The van der Waals surface area contributed by atoms with E-state index in [1.807, 2.05) is 32.3 Å². The first kappa shape index (κ1) is 17.3. The van der Waals surface area contributed by atoms with Gasteiger partial charge in [0.05, 0.1) is 12.7 Å². The summed E-state index contributed by atoms with van der Waals surface area (Å²) in [5.74, 6) is 1.75. The number of hydrogen-bond acceptors (Lipinski definition) is 5. The fraction of sp³-hybridized carbons (Fsp3) is 0.579. The molecule has 1 atom stereocenters. The summed E-state index contributed by atoms with van der Waals surface area (Å²) in [7, 11) is 5.70. The minimum atomic E-state index is -0.612. The molecule has 1 unspecified atom stereocenters. The van der Waals surface area contributed by atoms with Gasteiger partial charge in [0.1, 0.15) is 18.1 Å². The van der Waals surface area contributed by atoms with Gasteiger partial charge < -0.3 is 19.5 Å². The predicted molar refractivity (Wildman–Crippen MR) is 95.6 cm³/mol. The molecular formula is C19H28N2O3. The van der Waals surface area contributed by atoms with Crippen LogP contribution in [0.5, 0.6) is 11.5 Å². The Morgan fingerprint density at radius 3 is 2.96 bits per heavy atom. The Morgan fingerprint density at radius 2 is 2.21 bits per heavy atom. The molecule has 1 N–H and O–H groups in total. The Kier molecular flexibility index (Phi) is 5.13. The van der Waals surface area contributed by atoms with Crippen LogP contribution in [-0.4, -0.2) is 74.5 Å². The zero-order chi connectivity index (χ0) is 17.2. The van der Waals surface area contributed by atoms with Crippen LogP contribution in [0.3, 0.4) is 0 Å². The van der Waals surface area contributed by atoms with Crippen molar-refractivity contribution in [2.45, 2.75) is 18.4 Å². The third-order valence-electron chi connectivity index (χ3n) is 4.66. The van der Waals surface area contributed by atoms with Crippen LogP contribution in [0.2, 0.25) is 0 Å². The van der Waals surface area contributed by atoms with Gasteiger partial charge >= 0.3 is 0 Å². The van der Waals surface area contributed by atoms with E-state index < -0.39 is 5.60 Å². The summed E-state index contributed by atoms with van der Waals surface area (Å²) in [5.41, 5.74) is 1.69. The van der Waals surface area contributed by atoms with Gasteiger partial charge in [-0.25, -0.2) is 0 Å². The van der Waals surface area contributed by atoms with Crippen molar-refractivity contribution in [2.24, 2.45) is 0 Å². The van der Waals surface area contributed by atoms with Crippen molar-refractivity contribution in [3.8, 4) is 11.5 Å². The van der Waals surface area contributed by atoms with Gasteiger partial charge in [-0.05, 0) is 63.3 Å². The normalized spacial score (nSPS) is 24.3. The quantitative estimate of drug-likeness (QED) is 0.892. The van der Waals surface area contributed by atoms with Crippen LogP contribution in [0, 0.1) is 0 Å². The van der Waals surface area contributed by atoms with Crippen molar-refractivity contribution in [1.82, 2.24) is 9.80 Å². The van der Waals surface area contributed by atoms with Gasteiger partial charge in [-0.3, -0.25) is 4.90 Å². The van der Waals surface area contributed by atoms with Crippen molar-refractivity contribution in [3.63, 3.8) is 0 Å². The molecule has 0 saturated carbocycles. The molecule has 0 bridgehead atoms. The van der Waals surface area contributed by atoms with Crippen LogP contribution in [0.25, 0.3) is 6.08 Å². The van der Waals surface area contributed by atoms with Crippen LogP contribution in [0.4, 0.5) is 0 Å². The topological polar surface area (TPSA) is 45.2 Å². The van der Waals surface area contributed by atoms with E-state index in [4.69, 9.17) is 9.47 Å². The van der Waals surface area contributed by atoms with E-state index in [1.165, 1.54) is 5.57 Å². The summed E-state index contributed by atoms with van der Waals surface area (Å²) in [4.78, 5) is 4.41. The highest BCUT2D eigenvalue weighted by molar-refractivity contribution is 5.64. The van der Waals surface area contributed by atoms with E-state index in [0.717, 1.165) is 43.0 Å². The average Bonchev–Trinajstić information content (AvgIpc) is 2.53. The first-order valence-electron chi connectivity index (χ1n) is 8.57. The first-order chi connectivity index (χ1) is 11.5. The molecule has 1 aromatic carbocycles. The van der Waals surface area contributed by atoms with E-state index in [9.17, 15) is 5.11 Å². The summed E-state index contributed by atoms with van der Waals surface area (Å²) in [6.45, 7) is 3.90. The molecule has 24 heavy (non-hydrogen) atoms. The number of fused-ring (bicyclic) bond motifs is 1. The van der Waals surface area contributed by atoms with E-state index in [2.05, 4.69) is 15.9 Å². The van der Waals surface area contributed by atoms with E-state index in [-0.39, 0.29) is 0 Å². The van der Waals surface area contributed by atoms with Gasteiger partial charge in [0.15, 0.2) is 0 Å². The van der Waals surface area contributed by atoms with Crippen molar-refractivity contribution in [1.29, 1.82) is 0 Å². The number of likely N-dealkylation sites (N-methyl/N-ethyl adjacent to an activating group) is 1. The summed E-state index contributed by atoms with van der Waals surface area (Å²) < 4.78 is 11.2. The molecule has 0 spiro atoms. The maximum Gasteiger partial charge on any atom is 0.127 e. The number of ether oxygens (including phenoxy) is 2. The number of aliphatic hydroxyl groups is 1. The number of methoxy groups -OCH3 is 1. The Hall–Kier alpha value is -1.56. The Bertz CT molecular complexity index is 615. The highest BCUT2D eigenvalue weighted by atomic mass is 16.5. The van der Waals surface area contributed by atoms with Crippen LogP contribution < -0.4 is 9.47 Å². The van der Waals surface area contributed by atoms with Gasteiger partial charge in [0, 0.05) is 25.2 Å². The van der Waals surface area contributed by atoms with E-state index in [1.54, 1.807) is 7.11 Å². The first-order valence-corrected chi connectivity index (χ1v) is 8.57. The van der Waals surface area contributed by atoms with Gasteiger partial charge in [0.2, 0.25) is 0 Å². The van der Waals surface area contributed by atoms with Crippen molar-refractivity contribution < 1.29 is 14.6 Å². The molecular weight excluding hydrogens is 304 g/mol. The van der Waals surface area contributed by atoms with E-state index >= 15 is 0 Å². The second-order valence-corrected chi connectivity index (χ2v) is 7.27. The monoisotopic (exact) mass is 332 g/mol. The SMILES string of the molecule is COc1ccc2c(c1)C=C(CN1CCCC(O)(CN(C)C)C1)CO2. The molecule has 3 rings (SSSR count). The summed E-state index contributed by atoms with van der Waals surface area (Å²) >= 11 is 0. The molecule has 132 valence electrons. The highest BCUT2D eigenvalue weighted by Gasteiger charge is 2.34. The zero-order valence-electron chi connectivity index (χ0n) is 14.9. The van der Waals surface area contributed by atoms with Crippen LogP contribution in [0.1, 0.15) is 18.4 Å². The summed E-state index contributed by atoms with van der Waals surface area (Å²) in [6.07, 6.45) is 4.10. The molecule has 0 aromatic heterocycles. The minimum absolute atomic E-state index is 0.612. The highest BCUT2D eigenvalue weighted by Crippen LogP contribution is 2.31. The lowest BCUT2D eigenvalue weighted by atomic mass is 9.92. The molecule has 5 heteroatoms. The number of nitrogens with zero attached hydrogens (tertiary/aromatic N) is 2. The van der Waals surface area contributed by atoms with Crippen molar-refractivity contribution in [3.05, 3.63) is 29.3 Å². The number of likely N-dealkylation sites (tertiary alicyclic amines) is 1. The van der Waals surface area contributed by atoms with Crippen LogP contribution >= 0.6 is 0 Å². The zero-order valence-corrected chi connectivity index (χ0v) is 14.9. The maximum atomic E-state index is 10.8. The predicted octanol–water partition coefficient (Wildman–Crippen LogP) is 1.86. The smallest absolute Gasteiger partial charge is 0.127 e. The molecule has 1 fully saturated rings. The fourth-order valence-electron chi connectivity index (χ4n) is 3.77. The molecule has 0 amide bonds. The Labute approximate surface area is 144 Å². The number of piperidine rings is 1. The lowest BCUT2D eigenvalue weighted by molar-refractivity contribution is -0.0437. The van der Waals surface area contributed by atoms with Gasteiger partial charge in [0.25, 0.3) is 0 Å². The van der Waals surface area contributed by atoms with Crippen molar-refractivity contribution in [2.75, 3.05) is 54.0 Å². The van der Waals surface area contributed by atoms with E-state index in [0.29, 0.717) is 19.7 Å². The molecule has 5 nitrogen and oxygen atoms in total. The van der Waals surface area contributed by atoms with Crippen molar-refractivity contribution >= 4 is 6.08 Å². The third-order valence-corrected chi connectivity index (χ3v) is 4.66. The second kappa shape index (κ2) is 7.13. The van der Waals surface area contributed by atoms with Crippen LogP contribution in [-0.2, 0) is 0 Å².